The molecular formula is C22H27N5O2. The van der Waals surface area contributed by atoms with E-state index in [9.17, 15) is 9.59 Å². The van der Waals surface area contributed by atoms with Gasteiger partial charge in [0, 0.05) is 25.5 Å². The van der Waals surface area contributed by atoms with Gasteiger partial charge in [-0.25, -0.2) is 4.98 Å². The molecule has 2 N–H and O–H groups in total. The smallest absolute Gasteiger partial charge is 0.256 e. The highest BCUT2D eigenvalue weighted by Crippen LogP contribution is 2.30. The summed E-state index contributed by atoms with van der Waals surface area (Å²) in [6, 6.07) is 11.1. The molecule has 2 aliphatic heterocycles. The van der Waals surface area contributed by atoms with Crippen LogP contribution < -0.4 is 15.5 Å². The van der Waals surface area contributed by atoms with Crippen LogP contribution in [-0.4, -0.2) is 48.4 Å². The highest BCUT2D eigenvalue weighted by atomic mass is 16.2. The van der Waals surface area contributed by atoms with Gasteiger partial charge >= 0.3 is 0 Å². The van der Waals surface area contributed by atoms with Gasteiger partial charge in [0.15, 0.2) is 0 Å². The second-order valence-corrected chi connectivity index (χ2v) is 8.01. The number of likely N-dealkylation sites (tertiary alicyclic amines) is 1. The largest absolute Gasteiger partial charge is 0.335 e. The van der Waals surface area contributed by atoms with Crippen molar-refractivity contribution in [1.82, 2.24) is 15.2 Å². The number of carbonyl (C=O) groups excluding carboxylic acids is 2. The standard InChI is InChI=1S/C22H27N5O2/c1-15-5-4-12-27(13-15)14-19(28)24-17-9-7-16(8-10-17)20-25-22(29)18-6-3-11-23-21(18)26(20)2/h3,6-11,15,20H,4-5,12-14H2,1-2H3,(H,24,28)(H,25,29)/t15-,20+/m0/s1. The molecule has 0 radical (unpaired) electrons. The molecule has 1 aromatic heterocycles. The number of benzene rings is 1. The van der Waals surface area contributed by atoms with Crippen LogP contribution >= 0.6 is 0 Å². The zero-order chi connectivity index (χ0) is 20.4. The molecule has 2 atom stereocenters. The maximum absolute atomic E-state index is 12.4. The molecule has 7 heteroatoms. The number of hydrogen-bond donors (Lipinski definition) is 2. The Morgan fingerprint density at radius 1 is 1.28 bits per heavy atom. The summed E-state index contributed by atoms with van der Waals surface area (Å²) in [6.07, 6.45) is 3.78. The van der Waals surface area contributed by atoms with Crippen LogP contribution in [-0.2, 0) is 4.79 Å². The quantitative estimate of drug-likeness (QED) is 0.835. The molecule has 0 saturated carbocycles. The minimum Gasteiger partial charge on any atom is -0.335 e. The van der Waals surface area contributed by atoms with E-state index in [-0.39, 0.29) is 18.0 Å². The van der Waals surface area contributed by atoms with Crippen molar-refractivity contribution in [2.24, 2.45) is 5.92 Å². The van der Waals surface area contributed by atoms with Crippen molar-refractivity contribution in [3.05, 3.63) is 53.7 Å². The molecule has 152 valence electrons. The molecule has 29 heavy (non-hydrogen) atoms. The van der Waals surface area contributed by atoms with Crippen LogP contribution in [0.3, 0.4) is 0 Å². The number of rotatable bonds is 4. The van der Waals surface area contributed by atoms with Gasteiger partial charge in [0.25, 0.3) is 5.91 Å². The van der Waals surface area contributed by atoms with E-state index < -0.39 is 0 Å². The van der Waals surface area contributed by atoms with Crippen molar-refractivity contribution < 1.29 is 9.59 Å². The molecule has 2 aliphatic rings. The summed E-state index contributed by atoms with van der Waals surface area (Å²) in [5.74, 6) is 1.19. The third-order valence-corrected chi connectivity index (χ3v) is 5.64. The lowest BCUT2D eigenvalue weighted by molar-refractivity contribution is -0.117. The molecule has 1 saturated heterocycles. The Hall–Kier alpha value is -2.93. The number of amides is 2. The molecule has 0 aliphatic carbocycles. The molecule has 1 aromatic carbocycles. The molecule has 4 rings (SSSR count). The first-order valence-electron chi connectivity index (χ1n) is 10.1. The van der Waals surface area contributed by atoms with E-state index in [1.165, 1.54) is 6.42 Å². The zero-order valence-electron chi connectivity index (χ0n) is 16.9. The lowest BCUT2D eigenvalue weighted by Crippen LogP contribution is -2.45. The normalized spacial score (nSPS) is 22.0. The first kappa shape index (κ1) is 19.4. The summed E-state index contributed by atoms with van der Waals surface area (Å²) in [4.78, 5) is 33.3. The fourth-order valence-corrected chi connectivity index (χ4v) is 4.17. The highest BCUT2D eigenvalue weighted by molar-refractivity contribution is 6.01. The third-order valence-electron chi connectivity index (χ3n) is 5.64. The van der Waals surface area contributed by atoms with Crippen LogP contribution in [0.5, 0.6) is 0 Å². The molecular weight excluding hydrogens is 366 g/mol. The Bertz CT molecular complexity index is 898. The van der Waals surface area contributed by atoms with Crippen molar-refractivity contribution in [2.75, 3.05) is 36.9 Å². The summed E-state index contributed by atoms with van der Waals surface area (Å²) >= 11 is 0. The predicted octanol–water partition coefficient (Wildman–Crippen LogP) is 2.63. The molecule has 0 unspecified atom stereocenters. The number of nitrogens with one attached hydrogen (secondary N) is 2. The molecule has 0 spiro atoms. The van der Waals surface area contributed by atoms with Crippen LogP contribution in [0.4, 0.5) is 11.5 Å². The van der Waals surface area contributed by atoms with Crippen LogP contribution in [0.15, 0.2) is 42.6 Å². The first-order valence-corrected chi connectivity index (χ1v) is 10.1. The van der Waals surface area contributed by atoms with E-state index in [0.29, 0.717) is 23.8 Å². The Labute approximate surface area is 171 Å². The van der Waals surface area contributed by atoms with Crippen molar-refractivity contribution in [1.29, 1.82) is 0 Å². The van der Waals surface area contributed by atoms with Gasteiger partial charge in [-0.05, 0) is 55.1 Å². The van der Waals surface area contributed by atoms with E-state index in [2.05, 4.69) is 27.4 Å². The highest BCUT2D eigenvalue weighted by Gasteiger charge is 2.30. The first-order chi connectivity index (χ1) is 14.0. The van der Waals surface area contributed by atoms with Gasteiger partial charge < -0.3 is 15.5 Å². The second-order valence-electron chi connectivity index (χ2n) is 8.01. The van der Waals surface area contributed by atoms with Crippen LogP contribution in [0.1, 0.15) is 41.9 Å². The van der Waals surface area contributed by atoms with E-state index in [0.717, 1.165) is 30.8 Å². The maximum Gasteiger partial charge on any atom is 0.256 e. The predicted molar refractivity (Wildman–Crippen MR) is 113 cm³/mol. The summed E-state index contributed by atoms with van der Waals surface area (Å²) in [6.45, 7) is 4.63. The minimum atomic E-state index is -0.301. The van der Waals surface area contributed by atoms with Crippen LogP contribution in [0, 0.1) is 5.92 Å². The van der Waals surface area contributed by atoms with E-state index in [1.807, 2.05) is 36.2 Å². The van der Waals surface area contributed by atoms with Crippen molar-refractivity contribution in [3.8, 4) is 0 Å². The molecule has 0 bridgehead atoms. The van der Waals surface area contributed by atoms with Gasteiger partial charge in [0.05, 0.1) is 12.1 Å². The van der Waals surface area contributed by atoms with Crippen molar-refractivity contribution >= 4 is 23.3 Å². The van der Waals surface area contributed by atoms with Crippen molar-refractivity contribution in [2.45, 2.75) is 25.9 Å². The SMILES string of the molecule is C[C@H]1CCCN(CC(=O)Nc2ccc([C@@H]3NC(=O)c4cccnc4N3C)cc2)C1. The molecule has 1 fully saturated rings. The summed E-state index contributed by atoms with van der Waals surface area (Å²) in [7, 11) is 1.91. The minimum absolute atomic E-state index is 0.00747. The Balaban J connectivity index is 1.40. The van der Waals surface area contributed by atoms with Gasteiger partial charge in [0.1, 0.15) is 12.0 Å². The van der Waals surface area contributed by atoms with Gasteiger partial charge in [-0.2, -0.15) is 0 Å². The van der Waals surface area contributed by atoms with E-state index >= 15 is 0 Å². The lowest BCUT2D eigenvalue weighted by atomic mass is 10.0. The lowest BCUT2D eigenvalue weighted by Gasteiger charge is -2.35. The average Bonchev–Trinajstić information content (AvgIpc) is 2.71. The number of piperidine rings is 1. The van der Waals surface area contributed by atoms with Crippen molar-refractivity contribution in [3.63, 3.8) is 0 Å². The van der Waals surface area contributed by atoms with Gasteiger partial charge in [-0.3, -0.25) is 14.5 Å². The van der Waals surface area contributed by atoms with Crippen LogP contribution in [0.25, 0.3) is 0 Å². The monoisotopic (exact) mass is 393 g/mol. The Kier molecular flexibility index (Phi) is 5.49. The Morgan fingerprint density at radius 3 is 2.83 bits per heavy atom. The number of pyridine rings is 1. The molecule has 7 nitrogen and oxygen atoms in total. The van der Waals surface area contributed by atoms with E-state index in [4.69, 9.17) is 0 Å². The summed E-state index contributed by atoms with van der Waals surface area (Å²) in [5.41, 5.74) is 2.26. The number of hydrogen-bond acceptors (Lipinski definition) is 5. The molecule has 2 amide bonds. The number of fused-ring (bicyclic) bond motifs is 1. The van der Waals surface area contributed by atoms with Gasteiger partial charge in [-0.1, -0.05) is 19.1 Å². The maximum atomic E-state index is 12.4. The summed E-state index contributed by atoms with van der Waals surface area (Å²) in [5, 5.41) is 5.99. The fourth-order valence-electron chi connectivity index (χ4n) is 4.17. The van der Waals surface area contributed by atoms with E-state index in [1.54, 1.807) is 18.3 Å². The molecule has 2 aromatic rings. The second kappa shape index (κ2) is 8.21. The Morgan fingerprint density at radius 2 is 2.07 bits per heavy atom. The van der Waals surface area contributed by atoms with Gasteiger partial charge in [0.2, 0.25) is 5.91 Å². The molecule has 3 heterocycles. The number of aromatic nitrogens is 1. The summed E-state index contributed by atoms with van der Waals surface area (Å²) < 4.78 is 0. The van der Waals surface area contributed by atoms with Gasteiger partial charge in [-0.15, -0.1) is 0 Å². The number of anilines is 2. The third kappa shape index (κ3) is 4.24. The topological polar surface area (TPSA) is 77.6 Å². The average molecular weight is 393 g/mol. The number of nitrogens with zero attached hydrogens (tertiary/aromatic N) is 3. The number of carbonyl (C=O) groups is 2. The zero-order valence-corrected chi connectivity index (χ0v) is 16.9. The van der Waals surface area contributed by atoms with Crippen LogP contribution in [0.2, 0.25) is 0 Å². The fraction of sp³-hybridized carbons (Fsp3) is 0.409.